The van der Waals surface area contributed by atoms with Crippen molar-refractivity contribution in [3.05, 3.63) is 35.4 Å². The number of hydrogen-bond donors (Lipinski definition) is 0. The smallest absolute Gasteiger partial charge is 0.338 e. The number of hydrogen-bond acceptors (Lipinski definition) is 3. The Labute approximate surface area is 95.4 Å². The number of rotatable bonds is 6. The van der Waals surface area contributed by atoms with E-state index in [1.807, 2.05) is 0 Å². The number of benzene rings is 1. The van der Waals surface area contributed by atoms with Crippen molar-refractivity contribution in [1.29, 1.82) is 0 Å². The van der Waals surface area contributed by atoms with E-state index in [2.05, 4.69) is 6.92 Å². The van der Waals surface area contributed by atoms with E-state index in [1.165, 1.54) is 0 Å². The molecule has 1 radical (unpaired) electrons. The SMILES string of the molecule is CCCCCOC(=O)c1ccccc1[C]=O. The van der Waals surface area contributed by atoms with Crippen molar-refractivity contribution in [2.45, 2.75) is 26.2 Å². The molecule has 0 saturated carbocycles. The van der Waals surface area contributed by atoms with E-state index in [0.29, 0.717) is 6.61 Å². The van der Waals surface area contributed by atoms with Crippen LogP contribution in [-0.2, 0) is 9.53 Å². The highest BCUT2D eigenvalue weighted by molar-refractivity contribution is 5.98. The lowest BCUT2D eigenvalue weighted by Crippen LogP contribution is -2.09. The van der Waals surface area contributed by atoms with Gasteiger partial charge in [0.25, 0.3) is 0 Å². The molecule has 0 aliphatic rings. The predicted octanol–water partition coefficient (Wildman–Crippen LogP) is 2.49. The van der Waals surface area contributed by atoms with E-state index in [0.717, 1.165) is 19.3 Å². The van der Waals surface area contributed by atoms with Crippen molar-refractivity contribution in [2.75, 3.05) is 6.61 Å². The van der Waals surface area contributed by atoms with Crippen molar-refractivity contribution in [2.24, 2.45) is 0 Å². The number of unbranched alkanes of at least 4 members (excludes halogenated alkanes) is 2. The van der Waals surface area contributed by atoms with Crippen molar-refractivity contribution in [3.8, 4) is 0 Å². The van der Waals surface area contributed by atoms with E-state index in [9.17, 15) is 9.59 Å². The second-order valence-corrected chi connectivity index (χ2v) is 3.49. The highest BCUT2D eigenvalue weighted by Gasteiger charge is 2.11. The summed E-state index contributed by atoms with van der Waals surface area (Å²) in [5.74, 6) is -0.449. The van der Waals surface area contributed by atoms with E-state index >= 15 is 0 Å². The lowest BCUT2D eigenvalue weighted by atomic mass is 10.1. The van der Waals surface area contributed by atoms with Crippen molar-refractivity contribution in [1.82, 2.24) is 0 Å². The maximum atomic E-state index is 11.6. The van der Waals surface area contributed by atoms with Gasteiger partial charge in [0.2, 0.25) is 6.29 Å². The number of esters is 1. The van der Waals surface area contributed by atoms with Crippen molar-refractivity contribution in [3.63, 3.8) is 0 Å². The standard InChI is InChI=1S/C13H15O3/c1-2-3-6-9-16-13(15)12-8-5-4-7-11(12)10-14/h4-5,7-8H,2-3,6,9H2,1H3. The van der Waals surface area contributed by atoms with Gasteiger partial charge in [-0.25, -0.2) is 4.79 Å². The van der Waals surface area contributed by atoms with Gasteiger partial charge in [-0.05, 0) is 12.5 Å². The second-order valence-electron chi connectivity index (χ2n) is 3.49. The van der Waals surface area contributed by atoms with Crippen LogP contribution in [0.1, 0.15) is 42.1 Å². The molecule has 0 aliphatic heterocycles. The average molecular weight is 219 g/mol. The minimum Gasteiger partial charge on any atom is -0.462 e. The molecule has 1 rings (SSSR count). The molecule has 0 bridgehead atoms. The fourth-order valence-corrected chi connectivity index (χ4v) is 1.34. The van der Waals surface area contributed by atoms with Gasteiger partial charge in [0.05, 0.1) is 12.2 Å². The summed E-state index contributed by atoms with van der Waals surface area (Å²) in [7, 11) is 0. The van der Waals surface area contributed by atoms with Crippen molar-refractivity contribution >= 4 is 12.3 Å². The molecule has 0 spiro atoms. The third kappa shape index (κ3) is 3.50. The van der Waals surface area contributed by atoms with Crippen LogP contribution < -0.4 is 0 Å². The third-order valence-corrected chi connectivity index (χ3v) is 2.24. The molecule has 0 unspecified atom stereocenters. The lowest BCUT2D eigenvalue weighted by Gasteiger charge is -2.05. The zero-order valence-corrected chi connectivity index (χ0v) is 9.36. The maximum absolute atomic E-state index is 11.6. The van der Waals surface area contributed by atoms with Crippen LogP contribution in [-0.4, -0.2) is 18.9 Å². The van der Waals surface area contributed by atoms with Crippen molar-refractivity contribution < 1.29 is 14.3 Å². The molecule has 0 saturated heterocycles. The van der Waals surface area contributed by atoms with Gasteiger partial charge < -0.3 is 4.74 Å². The van der Waals surface area contributed by atoms with Gasteiger partial charge in [0, 0.05) is 5.56 Å². The van der Waals surface area contributed by atoms with Crippen LogP contribution in [0.25, 0.3) is 0 Å². The molecule has 0 N–H and O–H groups in total. The quantitative estimate of drug-likeness (QED) is 0.545. The van der Waals surface area contributed by atoms with Gasteiger partial charge in [-0.15, -0.1) is 0 Å². The maximum Gasteiger partial charge on any atom is 0.338 e. The summed E-state index contributed by atoms with van der Waals surface area (Å²) in [6, 6.07) is 6.51. The Morgan fingerprint density at radius 2 is 2.06 bits per heavy atom. The fourth-order valence-electron chi connectivity index (χ4n) is 1.34. The molecule has 3 heteroatoms. The molecule has 0 heterocycles. The number of carbonyl (C=O) groups is 1. The van der Waals surface area contributed by atoms with Gasteiger partial charge in [-0.3, -0.25) is 4.79 Å². The van der Waals surface area contributed by atoms with Gasteiger partial charge in [-0.1, -0.05) is 38.0 Å². The molecule has 16 heavy (non-hydrogen) atoms. The van der Waals surface area contributed by atoms with Crippen LogP contribution in [0.15, 0.2) is 24.3 Å². The van der Waals surface area contributed by atoms with Gasteiger partial charge in [0.1, 0.15) is 0 Å². The first-order chi connectivity index (χ1) is 7.79. The lowest BCUT2D eigenvalue weighted by molar-refractivity contribution is 0.0498. The van der Waals surface area contributed by atoms with Crippen LogP contribution in [0.4, 0.5) is 0 Å². The largest absolute Gasteiger partial charge is 0.462 e. The molecule has 0 fully saturated rings. The van der Waals surface area contributed by atoms with Crippen LogP contribution in [0.2, 0.25) is 0 Å². The molecular formula is C13H15O3. The third-order valence-electron chi connectivity index (χ3n) is 2.24. The Balaban J connectivity index is 2.55. The first-order valence-corrected chi connectivity index (χ1v) is 5.44. The Hall–Kier alpha value is -1.64. The first kappa shape index (κ1) is 12.4. The minimum atomic E-state index is -0.449. The zero-order chi connectivity index (χ0) is 11.8. The molecule has 0 atom stereocenters. The summed E-state index contributed by atoms with van der Waals surface area (Å²) in [5.41, 5.74) is 0.539. The summed E-state index contributed by atoms with van der Waals surface area (Å²) in [5, 5.41) is 0. The number of carbonyl (C=O) groups excluding carboxylic acids is 2. The number of ether oxygens (including phenoxy) is 1. The first-order valence-electron chi connectivity index (χ1n) is 5.44. The molecule has 1 aromatic carbocycles. The molecule has 85 valence electrons. The van der Waals surface area contributed by atoms with E-state index < -0.39 is 5.97 Å². The van der Waals surface area contributed by atoms with Gasteiger partial charge >= 0.3 is 5.97 Å². The van der Waals surface area contributed by atoms with Gasteiger partial charge in [0.15, 0.2) is 0 Å². The summed E-state index contributed by atoms with van der Waals surface area (Å²) < 4.78 is 5.05. The Bertz CT molecular complexity index is 358. The minimum absolute atomic E-state index is 0.253. The summed E-state index contributed by atoms with van der Waals surface area (Å²) >= 11 is 0. The highest BCUT2D eigenvalue weighted by Crippen LogP contribution is 2.08. The van der Waals surface area contributed by atoms with Gasteiger partial charge in [-0.2, -0.15) is 0 Å². The Morgan fingerprint density at radius 3 is 2.75 bits per heavy atom. The summed E-state index contributed by atoms with van der Waals surface area (Å²) in [4.78, 5) is 22.2. The molecule has 0 aromatic heterocycles. The molecular weight excluding hydrogens is 204 g/mol. The fraction of sp³-hybridized carbons (Fsp3) is 0.385. The van der Waals surface area contributed by atoms with Crippen LogP contribution in [0.5, 0.6) is 0 Å². The predicted molar refractivity (Wildman–Crippen MR) is 61.0 cm³/mol. The van der Waals surface area contributed by atoms with E-state index in [1.54, 1.807) is 30.6 Å². The Morgan fingerprint density at radius 1 is 1.31 bits per heavy atom. The van der Waals surface area contributed by atoms with Crippen LogP contribution in [0.3, 0.4) is 0 Å². The Kier molecular flexibility index (Phi) is 5.26. The highest BCUT2D eigenvalue weighted by atomic mass is 16.5. The molecule has 1 aromatic rings. The molecule has 3 nitrogen and oxygen atoms in total. The average Bonchev–Trinajstić information content (AvgIpc) is 2.34. The summed E-state index contributed by atoms with van der Waals surface area (Å²) in [6.07, 6.45) is 4.70. The molecule has 0 amide bonds. The second kappa shape index (κ2) is 6.77. The van der Waals surface area contributed by atoms with E-state index in [4.69, 9.17) is 4.74 Å². The topological polar surface area (TPSA) is 43.4 Å². The molecule has 0 aliphatic carbocycles. The van der Waals surface area contributed by atoms with Crippen LogP contribution in [0, 0.1) is 0 Å². The summed E-state index contributed by atoms with van der Waals surface area (Å²) in [6.45, 7) is 2.48. The normalized spacial score (nSPS) is 9.81. The van der Waals surface area contributed by atoms with Crippen LogP contribution >= 0.6 is 0 Å². The monoisotopic (exact) mass is 219 g/mol. The van der Waals surface area contributed by atoms with E-state index in [-0.39, 0.29) is 11.1 Å². The zero-order valence-electron chi connectivity index (χ0n) is 9.36.